The molecule has 1 aliphatic rings. The number of hydrogen-bond donors (Lipinski definition) is 3. The van der Waals surface area contributed by atoms with Crippen molar-refractivity contribution in [1.82, 2.24) is 20.6 Å². The Labute approximate surface area is 95.0 Å². The predicted octanol–water partition coefficient (Wildman–Crippen LogP) is 0.558. The molecular weight excluding hydrogens is 204 g/mol. The molecule has 1 amide bonds. The maximum atomic E-state index is 11.5. The molecule has 2 rings (SSSR count). The maximum Gasteiger partial charge on any atom is 0.234 e. The van der Waals surface area contributed by atoms with Crippen molar-refractivity contribution in [3.63, 3.8) is 0 Å². The van der Waals surface area contributed by atoms with Crippen LogP contribution in [0.15, 0.2) is 12.4 Å². The van der Waals surface area contributed by atoms with Crippen molar-refractivity contribution in [2.24, 2.45) is 0 Å². The summed E-state index contributed by atoms with van der Waals surface area (Å²) < 4.78 is 0. The molecule has 1 aliphatic carbocycles. The van der Waals surface area contributed by atoms with Crippen LogP contribution in [0.1, 0.15) is 31.5 Å². The fourth-order valence-electron chi connectivity index (χ4n) is 2.01. The second-order valence-electron chi connectivity index (χ2n) is 4.17. The van der Waals surface area contributed by atoms with Gasteiger partial charge in [0.2, 0.25) is 5.91 Å². The van der Waals surface area contributed by atoms with Crippen molar-refractivity contribution < 1.29 is 4.79 Å². The van der Waals surface area contributed by atoms with Gasteiger partial charge in [0.05, 0.1) is 13.1 Å². The van der Waals surface area contributed by atoms with Crippen LogP contribution in [0.4, 0.5) is 0 Å². The molecule has 88 valence electrons. The van der Waals surface area contributed by atoms with Crippen LogP contribution in [0.3, 0.4) is 0 Å². The third kappa shape index (κ3) is 3.34. The van der Waals surface area contributed by atoms with Gasteiger partial charge in [0.1, 0.15) is 5.82 Å². The van der Waals surface area contributed by atoms with Crippen LogP contribution in [0.25, 0.3) is 0 Å². The van der Waals surface area contributed by atoms with Gasteiger partial charge in [0.25, 0.3) is 0 Å². The molecule has 0 spiro atoms. The van der Waals surface area contributed by atoms with Crippen molar-refractivity contribution in [3.8, 4) is 0 Å². The minimum atomic E-state index is 0.0308. The third-order valence-corrected chi connectivity index (χ3v) is 2.91. The highest BCUT2D eigenvalue weighted by atomic mass is 16.1. The number of hydrogen-bond acceptors (Lipinski definition) is 3. The van der Waals surface area contributed by atoms with Crippen molar-refractivity contribution in [2.75, 3.05) is 6.54 Å². The zero-order valence-corrected chi connectivity index (χ0v) is 9.33. The summed E-state index contributed by atoms with van der Waals surface area (Å²) in [6.07, 6.45) is 8.39. The number of carbonyl (C=O) groups is 1. The van der Waals surface area contributed by atoms with Gasteiger partial charge in [0.15, 0.2) is 0 Å². The summed E-state index contributed by atoms with van der Waals surface area (Å²) in [5.41, 5.74) is 0. The monoisotopic (exact) mass is 222 g/mol. The molecule has 0 radical (unpaired) electrons. The summed E-state index contributed by atoms with van der Waals surface area (Å²) in [6.45, 7) is 0.879. The van der Waals surface area contributed by atoms with E-state index in [2.05, 4.69) is 20.6 Å². The second kappa shape index (κ2) is 5.65. The van der Waals surface area contributed by atoms with Crippen molar-refractivity contribution in [1.29, 1.82) is 0 Å². The van der Waals surface area contributed by atoms with Gasteiger partial charge in [-0.3, -0.25) is 4.79 Å². The minimum Gasteiger partial charge on any atom is -0.348 e. The number of amides is 1. The van der Waals surface area contributed by atoms with Gasteiger partial charge in [0, 0.05) is 18.4 Å². The van der Waals surface area contributed by atoms with Crippen LogP contribution in [0.5, 0.6) is 0 Å². The van der Waals surface area contributed by atoms with E-state index in [1.54, 1.807) is 12.4 Å². The zero-order valence-electron chi connectivity index (χ0n) is 9.33. The first kappa shape index (κ1) is 11.1. The molecule has 1 heterocycles. The maximum absolute atomic E-state index is 11.5. The van der Waals surface area contributed by atoms with Gasteiger partial charge in [-0.1, -0.05) is 12.8 Å². The molecule has 0 atom stereocenters. The number of nitrogens with zero attached hydrogens (tertiary/aromatic N) is 1. The molecule has 5 nitrogen and oxygen atoms in total. The van der Waals surface area contributed by atoms with Gasteiger partial charge in [-0.15, -0.1) is 0 Å². The first-order valence-corrected chi connectivity index (χ1v) is 5.83. The van der Waals surface area contributed by atoms with E-state index in [0.717, 1.165) is 5.82 Å². The molecule has 16 heavy (non-hydrogen) atoms. The molecule has 1 saturated carbocycles. The van der Waals surface area contributed by atoms with E-state index in [1.807, 2.05) is 0 Å². The highest BCUT2D eigenvalue weighted by molar-refractivity contribution is 5.77. The van der Waals surface area contributed by atoms with E-state index in [0.29, 0.717) is 19.1 Å². The van der Waals surface area contributed by atoms with E-state index in [4.69, 9.17) is 0 Å². The van der Waals surface area contributed by atoms with Crippen LogP contribution >= 0.6 is 0 Å². The SMILES string of the molecule is O=C(CNC1CCCC1)NCc1ncc[nH]1. The van der Waals surface area contributed by atoms with Crippen LogP contribution in [-0.2, 0) is 11.3 Å². The lowest BCUT2D eigenvalue weighted by Crippen LogP contribution is -2.37. The van der Waals surface area contributed by atoms with E-state index in [1.165, 1.54) is 25.7 Å². The second-order valence-corrected chi connectivity index (χ2v) is 4.17. The summed E-state index contributed by atoms with van der Waals surface area (Å²) in [4.78, 5) is 18.5. The summed E-state index contributed by atoms with van der Waals surface area (Å²) in [5.74, 6) is 0.817. The third-order valence-electron chi connectivity index (χ3n) is 2.91. The van der Waals surface area contributed by atoms with Gasteiger partial charge >= 0.3 is 0 Å². The average Bonchev–Trinajstić information content (AvgIpc) is 2.96. The first-order chi connectivity index (χ1) is 7.84. The fourth-order valence-corrected chi connectivity index (χ4v) is 2.01. The highest BCUT2D eigenvalue weighted by Crippen LogP contribution is 2.17. The minimum absolute atomic E-state index is 0.0308. The van der Waals surface area contributed by atoms with E-state index in [-0.39, 0.29) is 5.91 Å². The molecule has 1 aromatic heterocycles. The van der Waals surface area contributed by atoms with Crippen molar-refractivity contribution >= 4 is 5.91 Å². The fraction of sp³-hybridized carbons (Fsp3) is 0.636. The van der Waals surface area contributed by atoms with E-state index >= 15 is 0 Å². The Bertz CT molecular complexity index is 317. The Hall–Kier alpha value is -1.36. The van der Waals surface area contributed by atoms with Crippen LogP contribution < -0.4 is 10.6 Å². The Morgan fingerprint density at radius 2 is 2.31 bits per heavy atom. The van der Waals surface area contributed by atoms with Crippen molar-refractivity contribution in [3.05, 3.63) is 18.2 Å². The number of rotatable bonds is 5. The molecule has 5 heteroatoms. The van der Waals surface area contributed by atoms with Gasteiger partial charge in [-0.05, 0) is 12.8 Å². The molecule has 1 aromatic rings. The Morgan fingerprint density at radius 3 is 3.00 bits per heavy atom. The lowest BCUT2D eigenvalue weighted by molar-refractivity contribution is -0.120. The topological polar surface area (TPSA) is 69.8 Å². The predicted molar refractivity (Wildman–Crippen MR) is 60.7 cm³/mol. The summed E-state index contributed by atoms with van der Waals surface area (Å²) in [5, 5.41) is 6.08. The largest absolute Gasteiger partial charge is 0.348 e. The normalized spacial score (nSPS) is 16.5. The summed E-state index contributed by atoms with van der Waals surface area (Å²) in [7, 11) is 0. The zero-order chi connectivity index (χ0) is 11.2. The number of aromatic nitrogens is 2. The Balaban J connectivity index is 1.60. The Morgan fingerprint density at radius 1 is 1.50 bits per heavy atom. The first-order valence-electron chi connectivity index (χ1n) is 5.83. The molecule has 0 bridgehead atoms. The molecule has 0 saturated heterocycles. The molecule has 0 aromatic carbocycles. The number of H-pyrrole nitrogens is 1. The molecule has 0 unspecified atom stereocenters. The van der Waals surface area contributed by atoms with Crippen molar-refractivity contribution in [2.45, 2.75) is 38.3 Å². The highest BCUT2D eigenvalue weighted by Gasteiger charge is 2.14. The molecule has 0 aliphatic heterocycles. The van der Waals surface area contributed by atoms with Gasteiger partial charge < -0.3 is 15.6 Å². The summed E-state index contributed by atoms with van der Waals surface area (Å²) >= 11 is 0. The van der Waals surface area contributed by atoms with Gasteiger partial charge in [-0.25, -0.2) is 4.98 Å². The number of imidazole rings is 1. The smallest absolute Gasteiger partial charge is 0.234 e. The molecule has 1 fully saturated rings. The molecule has 3 N–H and O–H groups in total. The summed E-state index contributed by atoms with van der Waals surface area (Å²) in [6, 6.07) is 0.536. The number of carbonyl (C=O) groups excluding carboxylic acids is 1. The Kier molecular flexibility index (Phi) is 3.93. The van der Waals surface area contributed by atoms with Crippen LogP contribution in [0.2, 0.25) is 0 Å². The lowest BCUT2D eigenvalue weighted by Gasteiger charge is -2.11. The van der Waals surface area contributed by atoms with Gasteiger partial charge in [-0.2, -0.15) is 0 Å². The quantitative estimate of drug-likeness (QED) is 0.681. The standard InChI is InChI=1S/C11H18N4O/c16-11(8-14-9-3-1-2-4-9)15-7-10-12-5-6-13-10/h5-6,9,14H,1-4,7-8H2,(H,12,13)(H,15,16). The lowest BCUT2D eigenvalue weighted by atomic mass is 10.2. The molecular formula is C11H18N4O. The number of nitrogens with one attached hydrogen (secondary N) is 3. The number of aromatic amines is 1. The average molecular weight is 222 g/mol. The van der Waals surface area contributed by atoms with E-state index < -0.39 is 0 Å². The van der Waals surface area contributed by atoms with Crippen LogP contribution in [-0.4, -0.2) is 28.5 Å². The van der Waals surface area contributed by atoms with Crippen LogP contribution in [0, 0.1) is 0 Å². The van der Waals surface area contributed by atoms with E-state index in [9.17, 15) is 4.79 Å².